The van der Waals surface area contributed by atoms with Gasteiger partial charge in [-0.2, -0.15) is 0 Å². The second kappa shape index (κ2) is 3.02. The molecule has 0 saturated carbocycles. The summed E-state index contributed by atoms with van der Waals surface area (Å²) in [4.78, 5) is 2.17. The molecule has 15 heavy (non-hydrogen) atoms. The fourth-order valence-electron chi connectivity index (χ4n) is 1.87. The predicted molar refractivity (Wildman–Crippen MR) is 63.1 cm³/mol. The number of fused-ring (bicyclic) bond motifs is 1. The Hall–Kier alpha value is -1.44. The molecule has 2 nitrogen and oxygen atoms in total. The minimum Gasteiger partial charge on any atom is -0.461 e. The molecule has 1 aromatic rings. The van der Waals surface area contributed by atoms with Crippen LogP contribution in [0, 0.1) is 6.92 Å². The third kappa shape index (κ3) is 1.60. The predicted octanol–water partition coefficient (Wildman–Crippen LogP) is 3.64. The third-order valence-corrected chi connectivity index (χ3v) is 2.58. The SMILES string of the molecule is C=C1c2cc(C)oc2C=CN1C(C)(C)C. The molecule has 0 amide bonds. The number of hydrogen-bond donors (Lipinski definition) is 0. The van der Waals surface area contributed by atoms with Gasteiger partial charge in [0.1, 0.15) is 11.5 Å². The second-order valence-corrected chi connectivity index (χ2v) is 4.94. The first-order chi connectivity index (χ1) is 6.89. The topological polar surface area (TPSA) is 16.4 Å². The molecule has 0 saturated heterocycles. The first-order valence-electron chi connectivity index (χ1n) is 5.17. The molecule has 0 aromatic carbocycles. The van der Waals surface area contributed by atoms with Gasteiger partial charge in [0.05, 0.1) is 0 Å². The standard InChI is InChI=1S/C13H17NO/c1-9-8-11-10(2)14(13(3,4)5)7-6-12(11)15-9/h6-8H,2H2,1,3-5H3. The largest absolute Gasteiger partial charge is 0.461 e. The molecular weight excluding hydrogens is 186 g/mol. The molecule has 0 N–H and O–H groups in total. The van der Waals surface area contributed by atoms with Crippen molar-refractivity contribution >= 4 is 11.8 Å². The molecule has 0 spiro atoms. The van der Waals surface area contributed by atoms with Gasteiger partial charge in [-0.3, -0.25) is 0 Å². The normalized spacial score (nSPS) is 15.7. The van der Waals surface area contributed by atoms with Crippen LogP contribution in [0.25, 0.3) is 11.8 Å². The Morgan fingerprint density at radius 3 is 2.60 bits per heavy atom. The van der Waals surface area contributed by atoms with Crippen LogP contribution in [0.2, 0.25) is 0 Å². The maximum Gasteiger partial charge on any atom is 0.137 e. The van der Waals surface area contributed by atoms with Gasteiger partial charge in [0.25, 0.3) is 0 Å². The summed E-state index contributed by atoms with van der Waals surface area (Å²) >= 11 is 0. The fraction of sp³-hybridized carbons (Fsp3) is 0.385. The Labute approximate surface area is 90.9 Å². The summed E-state index contributed by atoms with van der Waals surface area (Å²) in [5.74, 6) is 1.85. The summed E-state index contributed by atoms with van der Waals surface area (Å²) in [7, 11) is 0. The van der Waals surface area contributed by atoms with Crippen LogP contribution in [0.3, 0.4) is 0 Å². The van der Waals surface area contributed by atoms with Crippen LogP contribution < -0.4 is 0 Å². The van der Waals surface area contributed by atoms with E-state index in [1.165, 1.54) is 0 Å². The maximum absolute atomic E-state index is 5.56. The van der Waals surface area contributed by atoms with E-state index in [1.807, 2.05) is 25.3 Å². The average Bonchev–Trinajstić information content (AvgIpc) is 2.44. The van der Waals surface area contributed by atoms with Crippen LogP contribution in [0.5, 0.6) is 0 Å². The van der Waals surface area contributed by atoms with Crippen LogP contribution in [-0.2, 0) is 0 Å². The molecule has 0 atom stereocenters. The van der Waals surface area contributed by atoms with E-state index in [9.17, 15) is 0 Å². The molecule has 0 aliphatic carbocycles. The van der Waals surface area contributed by atoms with Crippen molar-refractivity contribution in [2.24, 2.45) is 0 Å². The van der Waals surface area contributed by atoms with Crippen molar-refractivity contribution in [2.75, 3.05) is 0 Å². The molecule has 0 fully saturated rings. The van der Waals surface area contributed by atoms with Crippen LogP contribution >= 0.6 is 0 Å². The molecular formula is C13H17NO. The first-order valence-corrected chi connectivity index (χ1v) is 5.17. The van der Waals surface area contributed by atoms with Crippen LogP contribution in [0.4, 0.5) is 0 Å². The van der Waals surface area contributed by atoms with Gasteiger partial charge in [-0.25, -0.2) is 0 Å². The zero-order valence-corrected chi connectivity index (χ0v) is 9.79. The summed E-state index contributed by atoms with van der Waals surface area (Å²) in [6.45, 7) is 12.6. The Bertz CT molecular complexity index is 432. The van der Waals surface area contributed by atoms with Crippen molar-refractivity contribution in [3.05, 3.63) is 35.9 Å². The fourth-order valence-corrected chi connectivity index (χ4v) is 1.87. The van der Waals surface area contributed by atoms with E-state index in [0.29, 0.717) is 0 Å². The van der Waals surface area contributed by atoms with Crippen LogP contribution in [-0.4, -0.2) is 10.4 Å². The Kier molecular flexibility index (Phi) is 2.03. The summed E-state index contributed by atoms with van der Waals surface area (Å²) in [6.07, 6.45) is 4.04. The van der Waals surface area contributed by atoms with Crippen LogP contribution in [0.15, 0.2) is 23.3 Å². The van der Waals surface area contributed by atoms with Gasteiger partial charge < -0.3 is 9.32 Å². The summed E-state index contributed by atoms with van der Waals surface area (Å²) in [5, 5.41) is 0. The quantitative estimate of drug-likeness (QED) is 0.640. The monoisotopic (exact) mass is 203 g/mol. The van der Waals surface area contributed by atoms with Crippen molar-refractivity contribution < 1.29 is 4.42 Å². The van der Waals surface area contributed by atoms with Crippen molar-refractivity contribution in [1.29, 1.82) is 0 Å². The molecule has 1 aliphatic rings. The molecule has 80 valence electrons. The maximum atomic E-state index is 5.56. The highest BCUT2D eigenvalue weighted by Gasteiger charge is 2.26. The van der Waals surface area contributed by atoms with Gasteiger partial charge >= 0.3 is 0 Å². The number of hydrogen-bond acceptors (Lipinski definition) is 2. The van der Waals surface area contributed by atoms with E-state index < -0.39 is 0 Å². The lowest BCUT2D eigenvalue weighted by Gasteiger charge is -2.37. The molecule has 1 aliphatic heterocycles. The third-order valence-electron chi connectivity index (χ3n) is 2.58. The lowest BCUT2D eigenvalue weighted by molar-refractivity contribution is 0.296. The molecule has 0 unspecified atom stereocenters. The van der Waals surface area contributed by atoms with Crippen molar-refractivity contribution in [3.63, 3.8) is 0 Å². The van der Waals surface area contributed by atoms with Crippen molar-refractivity contribution in [2.45, 2.75) is 33.2 Å². The van der Waals surface area contributed by atoms with Gasteiger partial charge in [-0.1, -0.05) is 6.58 Å². The smallest absolute Gasteiger partial charge is 0.137 e. The molecule has 0 bridgehead atoms. The van der Waals surface area contributed by atoms with Gasteiger partial charge in [0, 0.05) is 23.0 Å². The lowest BCUT2D eigenvalue weighted by Crippen LogP contribution is -2.36. The zero-order chi connectivity index (χ0) is 11.2. The average molecular weight is 203 g/mol. The molecule has 0 radical (unpaired) electrons. The number of aryl methyl sites for hydroxylation is 1. The highest BCUT2D eigenvalue weighted by molar-refractivity contribution is 5.75. The lowest BCUT2D eigenvalue weighted by atomic mass is 10.0. The summed E-state index contributed by atoms with van der Waals surface area (Å²) < 4.78 is 5.56. The Morgan fingerprint density at radius 1 is 1.33 bits per heavy atom. The number of nitrogens with zero attached hydrogens (tertiary/aromatic N) is 1. The minimum absolute atomic E-state index is 0.0520. The van der Waals surface area contributed by atoms with E-state index in [1.54, 1.807) is 0 Å². The van der Waals surface area contributed by atoms with E-state index >= 15 is 0 Å². The Balaban J connectivity index is 2.45. The number of rotatable bonds is 0. The summed E-state index contributed by atoms with van der Waals surface area (Å²) in [5.41, 5.74) is 2.16. The first kappa shape index (κ1) is 10.1. The Morgan fingerprint density at radius 2 is 2.00 bits per heavy atom. The molecule has 2 rings (SSSR count). The van der Waals surface area contributed by atoms with Gasteiger partial charge in [0.2, 0.25) is 0 Å². The molecule has 2 heteroatoms. The number of furan rings is 1. The second-order valence-electron chi connectivity index (χ2n) is 4.94. The van der Waals surface area contributed by atoms with Crippen molar-refractivity contribution in [3.8, 4) is 0 Å². The molecule has 1 aromatic heterocycles. The molecule has 2 heterocycles. The van der Waals surface area contributed by atoms with E-state index in [0.717, 1.165) is 22.8 Å². The van der Waals surface area contributed by atoms with Gasteiger partial charge in [-0.05, 0) is 39.8 Å². The van der Waals surface area contributed by atoms with Gasteiger partial charge in [0.15, 0.2) is 0 Å². The summed E-state index contributed by atoms with van der Waals surface area (Å²) in [6, 6.07) is 2.04. The van der Waals surface area contributed by atoms with E-state index in [4.69, 9.17) is 4.42 Å². The minimum atomic E-state index is 0.0520. The van der Waals surface area contributed by atoms with E-state index in [-0.39, 0.29) is 5.54 Å². The zero-order valence-electron chi connectivity index (χ0n) is 9.79. The van der Waals surface area contributed by atoms with Crippen molar-refractivity contribution in [1.82, 2.24) is 4.90 Å². The highest BCUT2D eigenvalue weighted by Crippen LogP contribution is 2.34. The van der Waals surface area contributed by atoms with E-state index in [2.05, 4.69) is 32.3 Å². The van der Waals surface area contributed by atoms with Gasteiger partial charge in [-0.15, -0.1) is 0 Å². The van der Waals surface area contributed by atoms with Crippen LogP contribution in [0.1, 0.15) is 37.9 Å². The highest BCUT2D eigenvalue weighted by atomic mass is 16.3.